The molecule has 0 amide bonds. The number of rotatable bonds is 11. The van der Waals surface area contributed by atoms with Crippen LogP contribution in [0.25, 0.3) is 11.2 Å². The molecule has 12 nitrogen and oxygen atoms in total. The molecule has 3 heterocycles. The number of nitrogens with two attached hydrogens (primary N) is 1. The molecule has 0 aliphatic heterocycles. The van der Waals surface area contributed by atoms with E-state index in [0.29, 0.717) is 31.1 Å². The Labute approximate surface area is 202 Å². The number of imidazole rings is 1. The summed E-state index contributed by atoms with van der Waals surface area (Å²) in [6.07, 6.45) is 3.25. The third kappa shape index (κ3) is 5.25. The summed E-state index contributed by atoms with van der Waals surface area (Å²) in [7, 11) is 1.71. The van der Waals surface area contributed by atoms with Crippen molar-refractivity contribution in [2.75, 3.05) is 17.2 Å². The standard InChI is InChI=1S/C23H36N8O4/c1-6-8-10-30-18(24)16(20(32)26-22(30)34)29(12-14(3)4)13-15-25-19-17(28(15)5)21(33)27-23(35)31(19)11-9-7-2/h14H,6-13,24H2,1-5H3,(H,26,32,34)(H,27,33,35). The molecule has 0 aliphatic carbocycles. The van der Waals surface area contributed by atoms with Crippen LogP contribution in [-0.2, 0) is 26.7 Å². The Morgan fingerprint density at radius 1 is 0.943 bits per heavy atom. The Hall–Kier alpha value is -3.57. The lowest BCUT2D eigenvalue weighted by Crippen LogP contribution is -2.40. The molecule has 3 rings (SSSR count). The van der Waals surface area contributed by atoms with Gasteiger partial charge >= 0.3 is 11.4 Å². The highest BCUT2D eigenvalue weighted by molar-refractivity contribution is 5.71. The van der Waals surface area contributed by atoms with Crippen LogP contribution in [0.3, 0.4) is 0 Å². The monoisotopic (exact) mass is 488 g/mol. The zero-order chi connectivity index (χ0) is 25.9. The predicted molar refractivity (Wildman–Crippen MR) is 137 cm³/mol. The van der Waals surface area contributed by atoms with Crippen LogP contribution >= 0.6 is 0 Å². The van der Waals surface area contributed by atoms with Crippen LogP contribution < -0.4 is 33.1 Å². The number of nitrogen functional groups attached to an aromatic ring is 1. The van der Waals surface area contributed by atoms with E-state index in [9.17, 15) is 19.2 Å². The molecule has 0 fully saturated rings. The topological polar surface area (TPSA) is 157 Å². The third-order valence-corrected chi connectivity index (χ3v) is 6.02. The van der Waals surface area contributed by atoms with Crippen LogP contribution in [0.4, 0.5) is 11.5 Å². The Morgan fingerprint density at radius 2 is 1.51 bits per heavy atom. The van der Waals surface area contributed by atoms with Crippen molar-refractivity contribution in [2.24, 2.45) is 13.0 Å². The lowest BCUT2D eigenvalue weighted by atomic mass is 10.2. The van der Waals surface area contributed by atoms with Gasteiger partial charge in [0.05, 0.1) is 6.54 Å². The van der Waals surface area contributed by atoms with Crippen LogP contribution in [-0.4, -0.2) is 35.2 Å². The molecule has 0 spiro atoms. The molecule has 0 bridgehead atoms. The molecule has 0 aromatic carbocycles. The first kappa shape index (κ1) is 26.0. The van der Waals surface area contributed by atoms with Gasteiger partial charge in [0.15, 0.2) is 11.2 Å². The van der Waals surface area contributed by atoms with E-state index in [4.69, 9.17) is 5.73 Å². The minimum atomic E-state index is -0.572. The number of nitrogens with zero attached hydrogens (tertiary/aromatic N) is 5. The number of fused-ring (bicyclic) bond motifs is 1. The predicted octanol–water partition coefficient (Wildman–Crippen LogP) is 1.12. The summed E-state index contributed by atoms with van der Waals surface area (Å²) in [5, 5.41) is 0. The molecular formula is C23H36N8O4. The average molecular weight is 489 g/mol. The second-order valence-corrected chi connectivity index (χ2v) is 9.30. The molecular weight excluding hydrogens is 452 g/mol. The second kappa shape index (κ2) is 10.8. The Morgan fingerprint density at radius 3 is 2.11 bits per heavy atom. The third-order valence-electron chi connectivity index (χ3n) is 6.02. The van der Waals surface area contributed by atoms with Crippen LogP contribution in [0.2, 0.25) is 0 Å². The molecule has 3 aromatic rings. The maximum Gasteiger partial charge on any atom is 0.330 e. The first-order valence-corrected chi connectivity index (χ1v) is 12.2. The molecule has 3 aromatic heterocycles. The molecule has 0 aliphatic rings. The van der Waals surface area contributed by atoms with Crippen LogP contribution in [0.1, 0.15) is 59.2 Å². The van der Waals surface area contributed by atoms with Crippen molar-refractivity contribution in [2.45, 2.75) is 73.0 Å². The van der Waals surface area contributed by atoms with E-state index in [1.54, 1.807) is 16.5 Å². The molecule has 0 saturated heterocycles. The van der Waals surface area contributed by atoms with Crippen molar-refractivity contribution in [3.63, 3.8) is 0 Å². The van der Waals surface area contributed by atoms with Gasteiger partial charge in [0.2, 0.25) is 0 Å². The highest BCUT2D eigenvalue weighted by Gasteiger charge is 2.23. The summed E-state index contributed by atoms with van der Waals surface area (Å²) in [6, 6.07) is 0. The van der Waals surface area contributed by atoms with E-state index in [1.165, 1.54) is 9.13 Å². The van der Waals surface area contributed by atoms with E-state index in [1.807, 2.05) is 27.7 Å². The highest BCUT2D eigenvalue weighted by Crippen LogP contribution is 2.22. The summed E-state index contributed by atoms with van der Waals surface area (Å²) in [5.41, 5.74) is 5.03. The van der Waals surface area contributed by atoms with Crippen molar-refractivity contribution in [3.8, 4) is 0 Å². The van der Waals surface area contributed by atoms with Crippen molar-refractivity contribution in [1.82, 2.24) is 28.7 Å². The molecule has 0 saturated carbocycles. The van der Waals surface area contributed by atoms with Crippen molar-refractivity contribution < 1.29 is 0 Å². The van der Waals surface area contributed by atoms with Gasteiger partial charge in [-0.15, -0.1) is 0 Å². The van der Waals surface area contributed by atoms with E-state index in [-0.39, 0.29) is 29.5 Å². The van der Waals surface area contributed by atoms with Gasteiger partial charge in [0, 0.05) is 26.7 Å². The molecule has 4 N–H and O–H groups in total. The van der Waals surface area contributed by atoms with Crippen molar-refractivity contribution in [3.05, 3.63) is 47.5 Å². The largest absolute Gasteiger partial charge is 0.383 e. The number of hydrogen-bond donors (Lipinski definition) is 3. The second-order valence-electron chi connectivity index (χ2n) is 9.30. The number of H-pyrrole nitrogens is 2. The number of aromatic nitrogens is 6. The average Bonchev–Trinajstić information content (AvgIpc) is 3.09. The first-order valence-electron chi connectivity index (χ1n) is 12.2. The normalized spacial score (nSPS) is 11.6. The lowest BCUT2D eigenvalue weighted by molar-refractivity contribution is 0.578. The van der Waals surface area contributed by atoms with E-state index >= 15 is 0 Å². The van der Waals surface area contributed by atoms with Gasteiger partial charge in [-0.2, -0.15) is 0 Å². The van der Waals surface area contributed by atoms with Gasteiger partial charge in [0.1, 0.15) is 17.3 Å². The Balaban J connectivity index is 2.17. The first-order chi connectivity index (χ1) is 16.6. The summed E-state index contributed by atoms with van der Waals surface area (Å²) in [5.74, 6) is 0.752. The molecule has 0 radical (unpaired) electrons. The molecule has 35 heavy (non-hydrogen) atoms. The number of unbranched alkanes of at least 4 members (excludes halogenated alkanes) is 2. The number of nitrogens with one attached hydrogen (secondary N) is 2. The fourth-order valence-corrected chi connectivity index (χ4v) is 4.22. The van der Waals surface area contributed by atoms with Gasteiger partial charge in [0.25, 0.3) is 11.1 Å². The molecule has 0 atom stereocenters. The summed E-state index contributed by atoms with van der Waals surface area (Å²) in [4.78, 5) is 61.6. The fraction of sp³-hybridized carbons (Fsp3) is 0.609. The zero-order valence-corrected chi connectivity index (χ0v) is 21.2. The number of hydrogen-bond acceptors (Lipinski definition) is 7. The van der Waals surface area contributed by atoms with Crippen LogP contribution in [0.5, 0.6) is 0 Å². The number of aromatic amines is 2. The van der Waals surface area contributed by atoms with Gasteiger partial charge < -0.3 is 15.2 Å². The van der Waals surface area contributed by atoms with Crippen LogP contribution in [0.15, 0.2) is 19.2 Å². The Kier molecular flexibility index (Phi) is 8.03. The Bertz CT molecular complexity index is 1420. The number of anilines is 2. The van der Waals surface area contributed by atoms with Crippen LogP contribution in [0, 0.1) is 5.92 Å². The fourth-order valence-electron chi connectivity index (χ4n) is 4.22. The number of aryl methyl sites for hydroxylation is 2. The lowest BCUT2D eigenvalue weighted by Gasteiger charge is -2.27. The molecule has 0 unspecified atom stereocenters. The minimum absolute atomic E-state index is 0.101. The quantitative estimate of drug-likeness (QED) is 0.365. The van der Waals surface area contributed by atoms with Crippen molar-refractivity contribution >= 4 is 22.7 Å². The van der Waals surface area contributed by atoms with E-state index in [0.717, 1.165) is 25.7 Å². The summed E-state index contributed by atoms with van der Waals surface area (Å²) >= 11 is 0. The molecule has 192 valence electrons. The SMILES string of the molecule is CCCCn1c(N)c(N(Cc2nc3c(c(=O)[nH]c(=O)n3CCCC)n2C)CC(C)C)c(=O)[nH]c1=O. The van der Waals surface area contributed by atoms with Gasteiger partial charge in [-0.3, -0.25) is 28.7 Å². The van der Waals surface area contributed by atoms with E-state index < -0.39 is 22.5 Å². The van der Waals surface area contributed by atoms with E-state index in [2.05, 4.69) is 15.0 Å². The van der Waals surface area contributed by atoms with Gasteiger partial charge in [-0.05, 0) is 18.8 Å². The summed E-state index contributed by atoms with van der Waals surface area (Å²) < 4.78 is 4.50. The smallest absolute Gasteiger partial charge is 0.330 e. The maximum atomic E-state index is 12.9. The molecule has 12 heteroatoms. The van der Waals surface area contributed by atoms with Crippen molar-refractivity contribution in [1.29, 1.82) is 0 Å². The minimum Gasteiger partial charge on any atom is -0.383 e. The summed E-state index contributed by atoms with van der Waals surface area (Å²) in [6.45, 7) is 9.48. The van der Waals surface area contributed by atoms with Gasteiger partial charge in [-0.1, -0.05) is 40.5 Å². The maximum absolute atomic E-state index is 12.9. The zero-order valence-electron chi connectivity index (χ0n) is 21.2. The van der Waals surface area contributed by atoms with Gasteiger partial charge in [-0.25, -0.2) is 14.6 Å². The highest BCUT2D eigenvalue weighted by atomic mass is 16.2.